The number of hydrogen-bond donors (Lipinski definition) is 32. The van der Waals surface area contributed by atoms with Crippen LogP contribution in [0.25, 0.3) is 0 Å². The van der Waals surface area contributed by atoms with Crippen molar-refractivity contribution in [1.82, 2.24) is 0 Å². The summed E-state index contributed by atoms with van der Waals surface area (Å²) in [4.78, 5) is 284. The fourth-order valence-electron chi connectivity index (χ4n) is 0. The summed E-state index contributed by atoms with van der Waals surface area (Å²) in [5.41, 5.74) is 0. The van der Waals surface area contributed by atoms with Crippen molar-refractivity contribution in [2.24, 2.45) is 0 Å². The third kappa shape index (κ3) is 2650. The van der Waals surface area contributed by atoms with E-state index in [9.17, 15) is 0 Å². The van der Waals surface area contributed by atoms with Crippen molar-refractivity contribution in [1.29, 1.82) is 0 Å². The van der Waals surface area contributed by atoms with Gasteiger partial charge >= 0.3 is 138 Å². The minimum atomic E-state index is -1.75. The molecule has 32 N–H and O–H groups in total. The molecule has 136 nitrogen and oxygen atoms in total. The Morgan fingerprint density at radius 2 is 0.0725 bits per heavy atom. The quantitative estimate of drug-likeness (QED) is 0.0791. The maximum Gasteiger partial charge on any atom is 1.00 e. The second-order valence-corrected chi connectivity index (χ2v) is 8.06. The molecule has 0 aliphatic heterocycles. The Bertz CT molecular complexity index is 1950. The Balaban J connectivity index is -0.0000000228. The first-order chi connectivity index (χ1) is 58.9. The van der Waals surface area contributed by atoms with Crippen molar-refractivity contribution in [3.8, 4) is 0 Å². The van der Waals surface area contributed by atoms with Gasteiger partial charge in [0, 0.05) is 0 Å². The maximum absolute atomic E-state index is 8.36. The van der Waals surface area contributed by atoms with Gasteiger partial charge in [-0.1, -0.05) is 0 Å². The van der Waals surface area contributed by atoms with Gasteiger partial charge in [0.25, 0.3) is 163 Å². The molecule has 138 heteroatoms. The van der Waals surface area contributed by atoms with Crippen molar-refractivity contribution in [2.45, 2.75) is 0 Å². The van der Waals surface area contributed by atoms with E-state index in [-0.39, 0.29) is 138 Å². The average Bonchev–Trinajstić information content (AvgIpc) is 3.38. The van der Waals surface area contributed by atoms with Crippen LogP contribution in [0.1, 0.15) is 0 Å². The predicted molar refractivity (Wildman–Crippen MR) is 302 cm³/mol. The summed E-state index contributed by atoms with van der Waals surface area (Å²) in [6.45, 7) is 0. The first-order valence-corrected chi connectivity index (χ1v) is 19.2. The third-order valence-electron chi connectivity index (χ3n) is 0. The smallest absolute Gasteiger partial charge is 0.356 e. The number of nitrogens with zero attached hydrogens (tertiary/aromatic N) is 34. The van der Waals surface area contributed by atoms with Crippen LogP contribution in [0.2, 0.25) is 0 Å². The molecule has 0 radical (unpaired) electrons. The fraction of sp³-hybridized carbons (Fsp3) is 0. The summed E-state index contributed by atoms with van der Waals surface area (Å²) in [6.07, 6.45) is 0. The van der Waals surface area contributed by atoms with E-state index in [4.69, 9.17) is 521 Å². The Morgan fingerprint density at radius 1 is 0.0725 bits per heavy atom. The van der Waals surface area contributed by atoms with Gasteiger partial charge in [-0.25, -0.2) is 0 Å². The van der Waals surface area contributed by atoms with E-state index < -0.39 is 173 Å². The second kappa shape index (κ2) is 233. The zero-order valence-electron chi connectivity index (χ0n) is 60.1. The molecule has 0 fully saturated rings. The molecule has 0 aromatic heterocycles. The summed E-state index contributed by atoms with van der Waals surface area (Å²) < 4.78 is 0. The summed E-state index contributed by atoms with van der Waals surface area (Å²) in [6, 6.07) is 0. The van der Waals surface area contributed by atoms with E-state index in [1.807, 2.05) is 0 Å². The van der Waals surface area contributed by atoms with Gasteiger partial charge in [-0.2, -0.15) is 0 Å². The molecule has 0 atom stereocenters. The SMILES string of the molecule is O=[N+]([O-])O.O=[N+]([O-])O.O=[N+]([O-])O.O=[N+]([O-])O.O=[N+]([O-])O.O=[N+]([O-])O.O=[N+]([O-])O.O=[N+]([O-])O.O=[N+]([O-])O.O=[N+]([O-])O.O=[N+]([O-])O.O=[N+]([O-])O.O=[N+]([O-])O.O=[N+]([O-])O.O=[N+]([O-])O.O=[N+]([O-])O.O=[N+]([O-])O.O=[N+]([O-])O.O=[N+]([O-])O.O=[N+]([O-])O.O=[N+]([O-])O.O=[N+]([O-])O.O=[N+]([O-])O.O=[N+]([O-])O.O=[N+]([O-])O.O=[N+]([O-])O.O=[N+]([O-])O.O=[N+]([O-])O.O=[N+]([O-])O.O=[N+]([O-])O.O=[N+]([O-])O.O=[N+]([O-])O.O=[N+]([O-])[O-].O=[N+]([O-])[O-].[Cs+].[Cs+]. The van der Waals surface area contributed by atoms with Crippen molar-refractivity contribution in [3.05, 3.63) is 354 Å². The molecule has 0 aromatic carbocycles. The Morgan fingerprint density at radius 3 is 0.0725 bits per heavy atom. The Labute approximate surface area is 826 Å². The van der Waals surface area contributed by atoms with Gasteiger partial charge in [0.2, 0.25) is 0 Å². The molecule has 0 aliphatic carbocycles. The van der Waals surface area contributed by atoms with Crippen LogP contribution in [0.5, 0.6) is 0 Å². The molecule has 0 bridgehead atoms. The van der Waals surface area contributed by atoms with E-state index in [0.29, 0.717) is 0 Å². The van der Waals surface area contributed by atoms with E-state index in [1.54, 1.807) is 0 Å². The minimum absolute atomic E-state index is 0. The van der Waals surface area contributed by atoms with Crippen LogP contribution in [-0.2, 0) is 0 Å². The summed E-state index contributed by atoms with van der Waals surface area (Å²) in [7, 11) is 0. The average molecular weight is 2410 g/mol. The second-order valence-electron chi connectivity index (χ2n) is 8.06. The van der Waals surface area contributed by atoms with Crippen molar-refractivity contribution in [3.63, 3.8) is 0 Å². The molecule has 0 spiro atoms. The van der Waals surface area contributed by atoms with Crippen LogP contribution in [0, 0.1) is 354 Å². The molecule has 0 unspecified atom stereocenters. The number of rotatable bonds is 0. The van der Waals surface area contributed by atoms with Crippen LogP contribution in [0.4, 0.5) is 0 Å². The van der Waals surface area contributed by atoms with Gasteiger partial charge in [0.15, 0.2) is 0 Å². The van der Waals surface area contributed by atoms with E-state index in [0.717, 1.165) is 0 Å². The Kier molecular flexibility index (Phi) is 405. The molecule has 0 saturated heterocycles. The largest absolute Gasteiger partial charge is 1.00 e. The molecule has 0 aromatic rings. The van der Waals surface area contributed by atoms with Crippen molar-refractivity contribution < 1.29 is 477 Å². The van der Waals surface area contributed by atoms with E-state index in [1.165, 1.54) is 0 Å². The molecular formula is H32Cs2N34O102. The molecule has 0 heterocycles. The first kappa shape index (κ1) is 239. The van der Waals surface area contributed by atoms with Crippen molar-refractivity contribution in [2.75, 3.05) is 0 Å². The molecule has 0 rings (SSSR count). The van der Waals surface area contributed by atoms with Crippen molar-refractivity contribution >= 4 is 0 Å². The fourth-order valence-corrected chi connectivity index (χ4v) is 0. The predicted octanol–water partition coefficient (Wildman–Crippen LogP) is -17.6. The normalized spacial score (nSPS) is 5.91. The first-order valence-electron chi connectivity index (χ1n) is 19.2. The molecule has 0 aliphatic rings. The van der Waals surface area contributed by atoms with Crippen LogP contribution >= 0.6 is 0 Å². The zero-order valence-corrected chi connectivity index (χ0v) is 72.7. The standard InChI is InChI=1S/2Cs.32HNO3.2NO3/c;;34*2-1(3)4/h;;32*(H,2,3,4);;/q2*+1;;;;;;;;;;;;;;;;;;;;;;;;;;;;;;;;;2*-1. The monoisotopic (exact) mass is 2410 g/mol. The van der Waals surface area contributed by atoms with Gasteiger partial charge in [-0.3, -0.25) is 0 Å². The summed E-state index contributed by atoms with van der Waals surface area (Å²) in [5, 5.41) is 466. The van der Waals surface area contributed by atoms with E-state index in [2.05, 4.69) is 0 Å². The van der Waals surface area contributed by atoms with Gasteiger partial charge in [-0.05, 0) is 0 Å². The molecular weight excluding hydrogens is 2370 g/mol. The molecule has 138 heavy (non-hydrogen) atoms. The third-order valence-corrected chi connectivity index (χ3v) is 0. The zero-order chi connectivity index (χ0) is 122. The summed E-state index contributed by atoms with van der Waals surface area (Å²) in [5.74, 6) is 0. The molecule has 816 valence electrons. The topological polar surface area (TPSA) is 2160 Å². The molecule has 0 amide bonds. The van der Waals surface area contributed by atoms with Crippen LogP contribution in [0.15, 0.2) is 0 Å². The van der Waals surface area contributed by atoms with Crippen LogP contribution < -0.4 is 138 Å². The van der Waals surface area contributed by atoms with Crippen LogP contribution in [-0.4, -0.2) is 340 Å². The van der Waals surface area contributed by atoms with Gasteiger partial charge < -0.3 is 197 Å². The number of hydrogen-bond acceptors (Lipinski definition) is 70. The molecule has 0 saturated carbocycles. The van der Waals surface area contributed by atoms with Gasteiger partial charge in [-0.15, -0.1) is 324 Å². The minimum Gasteiger partial charge on any atom is -0.356 e. The van der Waals surface area contributed by atoms with Crippen LogP contribution in [0.3, 0.4) is 0 Å². The summed E-state index contributed by atoms with van der Waals surface area (Å²) >= 11 is 0. The Hall–Kier alpha value is -23.1. The maximum atomic E-state index is 8.36. The van der Waals surface area contributed by atoms with Gasteiger partial charge in [0.05, 0.1) is 10.2 Å². The van der Waals surface area contributed by atoms with E-state index >= 15 is 0 Å². The van der Waals surface area contributed by atoms with Gasteiger partial charge in [0.1, 0.15) is 0 Å².